The number of hydrogen-bond acceptors (Lipinski definition) is 3. The van der Waals surface area contributed by atoms with Crippen molar-refractivity contribution in [3.63, 3.8) is 0 Å². The number of benzene rings is 2. The van der Waals surface area contributed by atoms with Crippen LogP contribution in [-0.2, 0) is 16.8 Å². The summed E-state index contributed by atoms with van der Waals surface area (Å²) in [7, 11) is 0. The molecule has 5 heteroatoms. The highest BCUT2D eigenvalue weighted by Gasteiger charge is 2.52. The van der Waals surface area contributed by atoms with Gasteiger partial charge in [0.1, 0.15) is 17.6 Å². The third-order valence-electron chi connectivity index (χ3n) is 6.91. The Kier molecular flexibility index (Phi) is 5.37. The van der Waals surface area contributed by atoms with Crippen molar-refractivity contribution in [2.75, 3.05) is 6.61 Å². The van der Waals surface area contributed by atoms with Gasteiger partial charge in [-0.25, -0.2) is 0 Å². The first kappa shape index (κ1) is 21.5. The largest absolute Gasteiger partial charge is 0.464 e. The molecule has 1 atom stereocenters. The minimum absolute atomic E-state index is 0.0377. The van der Waals surface area contributed by atoms with E-state index in [0.717, 1.165) is 52.0 Å². The summed E-state index contributed by atoms with van der Waals surface area (Å²) in [6, 6.07) is 18.2. The molecule has 2 heterocycles. The Morgan fingerprint density at radius 3 is 2.58 bits per heavy atom. The molecule has 2 aromatic carbocycles. The molecular formula is C28H30N2O3. The normalized spacial score (nSPS) is 15.5. The fourth-order valence-corrected chi connectivity index (χ4v) is 4.90. The number of nitrogens with one attached hydrogen (secondary N) is 1. The summed E-state index contributed by atoms with van der Waals surface area (Å²) in [5.41, 5.74) is 4.98. The van der Waals surface area contributed by atoms with Gasteiger partial charge >= 0.3 is 0 Å². The Bertz CT molecular complexity index is 1330. The number of hydrogen-bond donors (Lipinski definition) is 2. The van der Waals surface area contributed by atoms with Crippen molar-refractivity contribution < 1.29 is 14.3 Å². The average molecular weight is 443 g/mol. The van der Waals surface area contributed by atoms with Gasteiger partial charge in [0.15, 0.2) is 0 Å². The van der Waals surface area contributed by atoms with Crippen molar-refractivity contribution in [3.05, 3.63) is 94.6 Å². The van der Waals surface area contributed by atoms with Gasteiger partial charge < -0.3 is 19.4 Å². The van der Waals surface area contributed by atoms with E-state index >= 15 is 0 Å². The Morgan fingerprint density at radius 2 is 1.91 bits per heavy atom. The van der Waals surface area contributed by atoms with Crippen molar-refractivity contribution in [1.82, 2.24) is 9.88 Å². The lowest BCUT2D eigenvalue weighted by atomic mass is 9.92. The minimum Gasteiger partial charge on any atom is -0.464 e. The van der Waals surface area contributed by atoms with Crippen LogP contribution in [0.1, 0.15) is 52.7 Å². The van der Waals surface area contributed by atoms with E-state index in [1.54, 1.807) is 0 Å². The molecule has 1 aliphatic rings. The predicted octanol–water partition coefficient (Wildman–Crippen LogP) is 5.09. The van der Waals surface area contributed by atoms with E-state index in [-0.39, 0.29) is 18.6 Å². The minimum atomic E-state index is -0.508. The van der Waals surface area contributed by atoms with Gasteiger partial charge in [-0.15, -0.1) is 0 Å². The van der Waals surface area contributed by atoms with Crippen LogP contribution in [0.2, 0.25) is 0 Å². The average Bonchev–Trinajstić information content (AvgIpc) is 3.35. The van der Waals surface area contributed by atoms with Crippen LogP contribution >= 0.6 is 0 Å². The zero-order valence-electron chi connectivity index (χ0n) is 19.4. The van der Waals surface area contributed by atoms with E-state index in [0.29, 0.717) is 6.54 Å². The van der Waals surface area contributed by atoms with Crippen molar-refractivity contribution in [2.24, 2.45) is 0 Å². The first-order valence-electron chi connectivity index (χ1n) is 11.6. The summed E-state index contributed by atoms with van der Waals surface area (Å²) >= 11 is 0. The maximum absolute atomic E-state index is 13.7. The van der Waals surface area contributed by atoms with E-state index in [4.69, 9.17) is 4.42 Å². The monoisotopic (exact) mass is 442 g/mol. The number of carbonyl (C=O) groups excluding carboxylic acids is 1. The third-order valence-corrected chi connectivity index (χ3v) is 6.91. The highest BCUT2D eigenvalue weighted by molar-refractivity contribution is 5.93. The maximum Gasteiger partial charge on any atom is 0.231 e. The number of aromatic nitrogens is 1. The smallest absolute Gasteiger partial charge is 0.231 e. The molecule has 2 aromatic heterocycles. The summed E-state index contributed by atoms with van der Waals surface area (Å²) < 4.78 is 8.01. The predicted molar refractivity (Wildman–Crippen MR) is 129 cm³/mol. The van der Waals surface area contributed by atoms with Gasteiger partial charge in [-0.1, -0.05) is 29.8 Å². The van der Waals surface area contributed by atoms with E-state index < -0.39 is 5.41 Å². The van der Waals surface area contributed by atoms with Crippen molar-refractivity contribution in [2.45, 2.75) is 51.6 Å². The number of furan rings is 1. The first-order valence-corrected chi connectivity index (χ1v) is 11.6. The molecule has 5 rings (SSSR count). The Morgan fingerprint density at radius 1 is 1.09 bits per heavy atom. The van der Waals surface area contributed by atoms with Crippen molar-refractivity contribution >= 4 is 16.8 Å². The Labute approximate surface area is 194 Å². The summed E-state index contributed by atoms with van der Waals surface area (Å²) in [6.07, 6.45) is 3.65. The van der Waals surface area contributed by atoms with Crippen molar-refractivity contribution in [3.8, 4) is 0 Å². The van der Waals surface area contributed by atoms with Crippen LogP contribution in [0.4, 0.5) is 0 Å². The van der Waals surface area contributed by atoms with Gasteiger partial charge in [0.05, 0.1) is 12.0 Å². The van der Waals surface area contributed by atoms with Crippen LogP contribution in [0, 0.1) is 20.8 Å². The molecule has 1 unspecified atom stereocenters. The Balaban J connectivity index is 1.47. The molecule has 1 amide bonds. The second-order valence-corrected chi connectivity index (χ2v) is 9.30. The SMILES string of the molecule is Cc1ccc(C(NC(=O)C2(c3ccc4c(ccn4CCO)c3)CC2)c2ccc(C)o2)c(C)c1. The molecule has 1 aliphatic carbocycles. The summed E-state index contributed by atoms with van der Waals surface area (Å²) in [6.45, 7) is 6.74. The molecule has 0 radical (unpaired) electrons. The molecule has 0 bridgehead atoms. The second kappa shape index (κ2) is 8.23. The molecule has 170 valence electrons. The molecular weight excluding hydrogens is 412 g/mol. The molecule has 2 N–H and O–H groups in total. The summed E-state index contributed by atoms with van der Waals surface area (Å²) in [5.74, 6) is 1.61. The van der Waals surface area contributed by atoms with Crippen LogP contribution in [-0.4, -0.2) is 22.2 Å². The van der Waals surface area contributed by atoms with Gasteiger partial charge in [0, 0.05) is 18.3 Å². The second-order valence-electron chi connectivity index (χ2n) is 9.30. The third kappa shape index (κ3) is 3.87. The fourth-order valence-electron chi connectivity index (χ4n) is 4.90. The molecule has 0 spiro atoms. The summed E-state index contributed by atoms with van der Waals surface area (Å²) in [4.78, 5) is 13.7. The van der Waals surface area contributed by atoms with Crippen molar-refractivity contribution in [1.29, 1.82) is 0 Å². The first-order chi connectivity index (χ1) is 15.9. The number of aliphatic hydroxyl groups excluding tert-OH is 1. The van der Waals surface area contributed by atoms with Gasteiger partial charge in [-0.3, -0.25) is 4.79 Å². The summed E-state index contributed by atoms with van der Waals surface area (Å²) in [5, 5.41) is 13.7. The van der Waals surface area contributed by atoms with Gasteiger partial charge in [-0.05, 0) is 86.0 Å². The molecule has 0 saturated heterocycles. The molecule has 5 nitrogen and oxygen atoms in total. The molecule has 0 aliphatic heterocycles. The van der Waals surface area contributed by atoms with Crippen LogP contribution in [0.5, 0.6) is 0 Å². The lowest BCUT2D eigenvalue weighted by molar-refractivity contribution is -0.124. The highest BCUT2D eigenvalue weighted by Crippen LogP contribution is 2.49. The number of aliphatic hydroxyl groups is 1. The number of amides is 1. The standard InChI is InChI=1S/C28H30N2O3/c1-18-4-7-23(19(2)16-18)26(25-9-5-20(3)33-25)29-27(32)28(11-12-28)22-6-8-24-21(17-22)10-13-30(24)14-15-31/h4-10,13,16-17,26,31H,11-12,14-15H2,1-3H3,(H,29,32). The number of aryl methyl sites for hydroxylation is 3. The fraction of sp³-hybridized carbons (Fsp3) is 0.321. The van der Waals surface area contributed by atoms with E-state index in [1.165, 1.54) is 5.56 Å². The molecule has 4 aromatic rings. The number of fused-ring (bicyclic) bond motifs is 1. The zero-order chi connectivity index (χ0) is 23.2. The van der Waals surface area contributed by atoms with Crippen LogP contribution in [0.15, 0.2) is 65.2 Å². The quantitative estimate of drug-likeness (QED) is 0.419. The lowest BCUT2D eigenvalue weighted by Crippen LogP contribution is -2.38. The molecule has 1 saturated carbocycles. The van der Waals surface area contributed by atoms with Crippen LogP contribution in [0.25, 0.3) is 10.9 Å². The highest BCUT2D eigenvalue weighted by atomic mass is 16.3. The number of nitrogens with zero attached hydrogens (tertiary/aromatic N) is 1. The van der Waals surface area contributed by atoms with Gasteiger partial charge in [0.2, 0.25) is 5.91 Å². The lowest BCUT2D eigenvalue weighted by Gasteiger charge is -2.23. The van der Waals surface area contributed by atoms with Crippen LogP contribution in [0.3, 0.4) is 0 Å². The van der Waals surface area contributed by atoms with E-state index in [1.807, 2.05) is 35.9 Å². The topological polar surface area (TPSA) is 67.4 Å². The van der Waals surface area contributed by atoms with Crippen LogP contribution < -0.4 is 5.32 Å². The number of carbonyl (C=O) groups is 1. The van der Waals surface area contributed by atoms with E-state index in [2.05, 4.69) is 55.6 Å². The van der Waals surface area contributed by atoms with E-state index in [9.17, 15) is 9.90 Å². The zero-order valence-corrected chi connectivity index (χ0v) is 19.4. The molecule has 1 fully saturated rings. The van der Waals surface area contributed by atoms with Gasteiger partial charge in [-0.2, -0.15) is 0 Å². The molecule has 33 heavy (non-hydrogen) atoms. The van der Waals surface area contributed by atoms with Gasteiger partial charge in [0.25, 0.3) is 0 Å². The maximum atomic E-state index is 13.7. The number of rotatable bonds is 7. The Hall–Kier alpha value is -3.31.